The number of aliphatic hydroxyl groups is 2. The maximum absolute atomic E-state index is 14.0. The van der Waals surface area contributed by atoms with Gasteiger partial charge >= 0.3 is 17.9 Å². The van der Waals surface area contributed by atoms with Crippen LogP contribution in [0.4, 0.5) is 0 Å². The topological polar surface area (TPSA) is 167 Å². The van der Waals surface area contributed by atoms with Crippen LogP contribution >= 0.6 is 0 Å². The van der Waals surface area contributed by atoms with Crippen molar-refractivity contribution in [3.8, 4) is 0 Å². The lowest BCUT2D eigenvalue weighted by Crippen LogP contribution is -2.62. The summed E-state index contributed by atoms with van der Waals surface area (Å²) in [6.45, 7) is 3.56. The van der Waals surface area contributed by atoms with Crippen molar-refractivity contribution in [2.24, 2.45) is 0 Å². The fourth-order valence-electron chi connectivity index (χ4n) is 10.9. The second-order valence-corrected chi connectivity index (χ2v) is 22.9. The normalized spacial score (nSPS) is 17.8. The first-order valence-corrected chi connectivity index (χ1v) is 32.4. The van der Waals surface area contributed by atoms with Crippen molar-refractivity contribution in [2.75, 3.05) is 13.2 Å². The van der Waals surface area contributed by atoms with Crippen molar-refractivity contribution in [1.82, 2.24) is 5.32 Å². The smallest absolute Gasteiger partial charge is 0.338 e. The van der Waals surface area contributed by atoms with Crippen molar-refractivity contribution in [3.63, 3.8) is 0 Å². The SMILES string of the molecule is CCCCCCCCCCCCCCCCCCCCCCCC(=O)N[C@@H](CO[C@@H]1O[C@H](CO)[C@H](O)[C@H](OC(=O)c2ccccc2)[C@H]1OC(=O)c1ccccc1)[C@@H](CCCCCCCCCCCCCCC)OC(=O)c1ccccc1. The van der Waals surface area contributed by atoms with Crippen LogP contribution in [-0.2, 0) is 28.5 Å². The van der Waals surface area contributed by atoms with Crippen LogP contribution in [0.5, 0.6) is 0 Å². The third kappa shape index (κ3) is 30.0. The minimum atomic E-state index is -1.63. The highest BCUT2D eigenvalue weighted by Gasteiger charge is 2.51. The molecule has 1 heterocycles. The Morgan fingerprint density at radius 3 is 1.20 bits per heavy atom. The number of hydrogen-bond donors (Lipinski definition) is 3. The average Bonchev–Trinajstić information content (AvgIpc) is 3.67. The minimum Gasteiger partial charge on any atom is -0.456 e. The molecular formula is C69H107NO11. The summed E-state index contributed by atoms with van der Waals surface area (Å²) in [4.78, 5) is 55.3. The molecule has 1 amide bonds. The van der Waals surface area contributed by atoms with Gasteiger partial charge in [0.25, 0.3) is 0 Å². The van der Waals surface area contributed by atoms with Gasteiger partial charge in [-0.1, -0.05) is 274 Å². The first-order chi connectivity index (χ1) is 39.7. The fourth-order valence-corrected chi connectivity index (χ4v) is 10.9. The van der Waals surface area contributed by atoms with E-state index in [1.807, 2.05) is 6.07 Å². The number of carbonyl (C=O) groups is 4. The van der Waals surface area contributed by atoms with Gasteiger partial charge in [-0.05, 0) is 55.7 Å². The summed E-state index contributed by atoms with van der Waals surface area (Å²) < 4.78 is 30.9. The standard InChI is InChI=1S/C69H107NO11/c1-3-5-7-9-11-13-15-17-18-19-20-21-22-23-24-26-28-30-32-34-45-53-62(72)70-59(60(78-66(74)56-46-38-35-39-47-56)52-44-33-31-29-27-25-16-14-12-10-8-6-4-2)55-77-69-65(81-68(76)58-50-42-37-43-51-58)64(63(73)61(54-71)79-69)80-67(75)57-48-40-36-41-49-57/h35-43,46-51,59-61,63-65,69,71,73H,3-34,44-45,52-55H2,1-2H3,(H,70,72)/t59-,60+,61+,63-,64-,65+,69+/m0/s1. The quantitative estimate of drug-likeness (QED) is 0.0280. The van der Waals surface area contributed by atoms with E-state index in [1.165, 1.54) is 167 Å². The van der Waals surface area contributed by atoms with Gasteiger partial charge in [0, 0.05) is 6.42 Å². The van der Waals surface area contributed by atoms with Crippen LogP contribution in [0.15, 0.2) is 91.0 Å². The van der Waals surface area contributed by atoms with E-state index >= 15 is 0 Å². The predicted molar refractivity (Wildman–Crippen MR) is 324 cm³/mol. The van der Waals surface area contributed by atoms with Crippen molar-refractivity contribution in [2.45, 2.75) is 288 Å². The summed E-state index contributed by atoms with van der Waals surface area (Å²) in [5, 5.41) is 25.2. The van der Waals surface area contributed by atoms with Gasteiger partial charge in [0.05, 0.1) is 35.9 Å². The maximum atomic E-state index is 14.0. The van der Waals surface area contributed by atoms with E-state index in [2.05, 4.69) is 19.2 Å². The van der Waals surface area contributed by atoms with Gasteiger partial charge in [-0.3, -0.25) is 4.79 Å². The summed E-state index contributed by atoms with van der Waals surface area (Å²) in [6, 6.07) is 24.3. The largest absolute Gasteiger partial charge is 0.456 e. The number of aliphatic hydroxyl groups excluding tert-OH is 2. The molecule has 454 valence electrons. The number of unbranched alkanes of at least 4 members (excludes halogenated alkanes) is 32. The Kier molecular flexibility index (Phi) is 38.2. The number of hydrogen-bond acceptors (Lipinski definition) is 11. The lowest BCUT2D eigenvalue weighted by Gasteiger charge is -2.43. The van der Waals surface area contributed by atoms with Crippen molar-refractivity contribution in [1.29, 1.82) is 0 Å². The second kappa shape index (κ2) is 44.9. The zero-order valence-corrected chi connectivity index (χ0v) is 50.1. The summed E-state index contributed by atoms with van der Waals surface area (Å²) in [6.07, 6.45) is 34.3. The molecule has 0 aliphatic carbocycles. The van der Waals surface area contributed by atoms with Crippen LogP contribution in [0.25, 0.3) is 0 Å². The molecule has 0 spiro atoms. The number of rotatable bonds is 48. The molecule has 1 aliphatic heterocycles. The first kappa shape index (κ1) is 68.9. The molecule has 0 unspecified atom stereocenters. The first-order valence-electron chi connectivity index (χ1n) is 32.4. The van der Waals surface area contributed by atoms with E-state index in [4.69, 9.17) is 23.7 Å². The molecule has 1 saturated heterocycles. The predicted octanol–water partition coefficient (Wildman–Crippen LogP) is 16.3. The molecule has 0 aromatic heterocycles. The van der Waals surface area contributed by atoms with E-state index in [-0.39, 0.29) is 30.1 Å². The third-order valence-electron chi connectivity index (χ3n) is 15.9. The maximum Gasteiger partial charge on any atom is 0.338 e. The monoisotopic (exact) mass is 1130 g/mol. The second-order valence-electron chi connectivity index (χ2n) is 22.9. The Morgan fingerprint density at radius 1 is 0.469 bits per heavy atom. The van der Waals surface area contributed by atoms with Gasteiger partial charge in [-0.15, -0.1) is 0 Å². The molecule has 81 heavy (non-hydrogen) atoms. The van der Waals surface area contributed by atoms with Crippen molar-refractivity contribution >= 4 is 23.8 Å². The molecule has 3 aromatic rings. The van der Waals surface area contributed by atoms with E-state index in [0.717, 1.165) is 44.9 Å². The Labute approximate surface area is 489 Å². The summed E-state index contributed by atoms with van der Waals surface area (Å²) >= 11 is 0. The van der Waals surface area contributed by atoms with E-state index in [0.29, 0.717) is 18.4 Å². The average molecular weight is 1130 g/mol. The van der Waals surface area contributed by atoms with E-state index < -0.39 is 67.4 Å². The van der Waals surface area contributed by atoms with Gasteiger partial charge in [0.2, 0.25) is 5.91 Å². The Hall–Kier alpha value is -4.62. The molecule has 12 heteroatoms. The van der Waals surface area contributed by atoms with Gasteiger partial charge < -0.3 is 39.2 Å². The zero-order chi connectivity index (χ0) is 57.8. The highest BCUT2D eigenvalue weighted by molar-refractivity contribution is 5.91. The highest BCUT2D eigenvalue weighted by Crippen LogP contribution is 2.30. The number of carbonyl (C=O) groups excluding carboxylic acids is 4. The van der Waals surface area contributed by atoms with Crippen molar-refractivity contribution in [3.05, 3.63) is 108 Å². The van der Waals surface area contributed by atoms with E-state index in [9.17, 15) is 29.4 Å². The molecule has 1 fully saturated rings. The summed E-state index contributed by atoms with van der Waals surface area (Å²) in [7, 11) is 0. The molecule has 0 radical (unpaired) electrons. The number of benzene rings is 3. The van der Waals surface area contributed by atoms with Crippen LogP contribution in [0.1, 0.15) is 276 Å². The Bertz CT molecular complexity index is 2040. The minimum absolute atomic E-state index is 0.191. The van der Waals surface area contributed by atoms with Crippen LogP contribution in [0.2, 0.25) is 0 Å². The Balaban J connectivity index is 1.39. The molecule has 3 N–H and O–H groups in total. The molecular weight excluding hydrogens is 1020 g/mol. The van der Waals surface area contributed by atoms with Crippen LogP contribution in [-0.4, -0.2) is 90.1 Å². The summed E-state index contributed by atoms with van der Waals surface area (Å²) in [5.74, 6) is -2.35. The van der Waals surface area contributed by atoms with Crippen LogP contribution in [0, 0.1) is 0 Å². The molecule has 4 rings (SSSR count). The number of ether oxygens (including phenoxy) is 5. The van der Waals surface area contributed by atoms with Crippen molar-refractivity contribution < 1.29 is 53.1 Å². The third-order valence-corrected chi connectivity index (χ3v) is 15.9. The summed E-state index contributed by atoms with van der Waals surface area (Å²) in [5.41, 5.74) is 0.751. The number of nitrogens with one attached hydrogen (secondary N) is 1. The van der Waals surface area contributed by atoms with Crippen LogP contribution in [0.3, 0.4) is 0 Å². The number of esters is 3. The van der Waals surface area contributed by atoms with Gasteiger partial charge in [0.15, 0.2) is 18.5 Å². The van der Waals surface area contributed by atoms with Gasteiger partial charge in [-0.25, -0.2) is 14.4 Å². The lowest BCUT2D eigenvalue weighted by molar-refractivity contribution is -0.301. The lowest BCUT2D eigenvalue weighted by atomic mass is 9.98. The molecule has 0 bridgehead atoms. The number of amides is 1. The fraction of sp³-hybridized carbons (Fsp3) is 0.681. The van der Waals surface area contributed by atoms with Crippen LogP contribution < -0.4 is 5.32 Å². The molecule has 1 aliphatic rings. The Morgan fingerprint density at radius 2 is 0.815 bits per heavy atom. The highest BCUT2D eigenvalue weighted by atomic mass is 16.7. The molecule has 3 aromatic carbocycles. The molecule has 0 saturated carbocycles. The van der Waals surface area contributed by atoms with Gasteiger partial charge in [-0.2, -0.15) is 0 Å². The van der Waals surface area contributed by atoms with E-state index in [1.54, 1.807) is 84.9 Å². The zero-order valence-electron chi connectivity index (χ0n) is 50.1. The molecule has 7 atom stereocenters. The molecule has 12 nitrogen and oxygen atoms in total. The van der Waals surface area contributed by atoms with Gasteiger partial charge in [0.1, 0.15) is 18.3 Å².